The number of fused-ring (bicyclic) bond motifs is 2. The third-order valence-electron chi connectivity index (χ3n) is 17.4. The second-order valence-electron chi connectivity index (χ2n) is 24.4. The molecule has 1 aliphatic carbocycles. The Morgan fingerprint density at radius 3 is 1.84 bits per heavy atom. The standard InChI is InChI=1S/C59H89N19O13S.C2H4O2/c60-37(14-5-19-67-57(61)62)48(82)72-38(15-6-20-68-58(63)64)52(86)75-22-8-18-43(75)54(88)77-30-35(80)26-44(77)50(84)70-28-47(81)71-40(27-36-13-9-23-92-36)49(83)74-41(31-79)53(87)76-29-34-12-2-1-10-32(34)24-46(76)55(89)78-42-17-4-3-11-33(42)25-45(78)51(85)73-39(56(90)91)16-7-21-69-59(65)66;1-2(3)4/h1-2,9-10,12-13,23,33,35,37-46,79-80H,3-8,11,14-22,24-31,60H2,(H,70,84)(H,71,81)(H,72,82)(H,73,85)(H,74,83)(H,90,91)(H4,61,62,67)(H4,63,64,68)(H4,65,66,69);1H3,(H,3,4). The van der Waals surface area contributed by atoms with Crippen LogP contribution in [0, 0.1) is 5.92 Å². The van der Waals surface area contributed by atoms with Gasteiger partial charge in [-0.3, -0.25) is 62.9 Å². The van der Waals surface area contributed by atoms with Gasteiger partial charge in [0.2, 0.25) is 53.2 Å². The fourth-order valence-electron chi connectivity index (χ4n) is 12.9. The molecule has 12 atom stereocenters. The summed E-state index contributed by atoms with van der Waals surface area (Å²) in [6.07, 6.45) is 3.42. The van der Waals surface area contributed by atoms with Gasteiger partial charge in [0.1, 0.15) is 48.3 Å². The molecule has 34 nitrogen and oxygen atoms in total. The van der Waals surface area contributed by atoms with E-state index in [0.29, 0.717) is 29.7 Å². The van der Waals surface area contributed by atoms with Gasteiger partial charge < -0.3 is 107 Å². The number of aliphatic hydroxyl groups excluding tert-OH is 2. The molecule has 3 saturated heterocycles. The molecule has 0 radical (unpaired) electrons. The number of likely N-dealkylation sites (tertiary alicyclic amines) is 3. The molecule has 1 aromatic carbocycles. The van der Waals surface area contributed by atoms with Crippen LogP contribution in [0.5, 0.6) is 0 Å². The van der Waals surface area contributed by atoms with Crippen LogP contribution < -0.4 is 66.7 Å². The largest absolute Gasteiger partial charge is 0.481 e. The second-order valence-corrected chi connectivity index (χ2v) is 25.5. The number of aliphatic hydroxyl groups is 2. The SMILES string of the molecule is CC(=O)O.NC(N)=NCCCC(N)C(=O)NC(CCCN=C(N)N)C(=O)N1CCCC1C(=O)N1CC(O)CC1C(=O)NCC(=O)NC(Cc1cccs1)C(=O)NC(CO)C(=O)N1Cc2ccccc2CC1C(=O)N1C(C(=O)NC(CCCN=C(N)N)C(=O)O)CC2CCCCC21. The van der Waals surface area contributed by atoms with Gasteiger partial charge in [0, 0.05) is 76.4 Å². The Kier molecular flexibility index (Phi) is 28.9. The van der Waals surface area contributed by atoms with Crippen molar-refractivity contribution in [2.24, 2.45) is 61.0 Å². The van der Waals surface area contributed by atoms with Gasteiger partial charge in [0.05, 0.1) is 25.3 Å². The molecule has 9 amide bonds. The number of thiophene rings is 1. The summed E-state index contributed by atoms with van der Waals surface area (Å²) in [5, 5.41) is 54.2. The monoisotopic (exact) mass is 1360 g/mol. The van der Waals surface area contributed by atoms with Crippen LogP contribution in [-0.4, -0.2) is 235 Å². The van der Waals surface area contributed by atoms with E-state index in [1.807, 2.05) is 6.07 Å². The van der Waals surface area contributed by atoms with Gasteiger partial charge in [0.15, 0.2) is 17.9 Å². The van der Waals surface area contributed by atoms with Gasteiger partial charge in [-0.25, -0.2) is 4.79 Å². The first-order chi connectivity index (χ1) is 45.7. The van der Waals surface area contributed by atoms with Gasteiger partial charge in [0.25, 0.3) is 5.97 Å². The fraction of sp³-hybridized carbons (Fsp3) is 0.607. The summed E-state index contributed by atoms with van der Waals surface area (Å²) in [4.78, 5) is 168. The third-order valence-corrected chi connectivity index (χ3v) is 18.3. The topological polar surface area (TPSA) is 561 Å². The number of carboxylic acids is 2. The molecule has 35 heteroatoms. The van der Waals surface area contributed by atoms with Gasteiger partial charge in [-0.1, -0.05) is 43.2 Å². The van der Waals surface area contributed by atoms with Crippen LogP contribution in [0.15, 0.2) is 56.8 Å². The lowest BCUT2D eigenvalue weighted by Gasteiger charge is -2.42. The lowest BCUT2D eigenvalue weighted by atomic mass is 9.84. The number of carboxylic acid groups (broad SMARTS) is 2. The average molecular weight is 1360 g/mol. The first-order valence-electron chi connectivity index (χ1n) is 32.1. The fourth-order valence-corrected chi connectivity index (χ4v) is 13.6. The Labute approximate surface area is 559 Å². The zero-order chi connectivity index (χ0) is 70.3. The Bertz CT molecular complexity index is 3160. The van der Waals surface area contributed by atoms with E-state index in [1.165, 1.54) is 26.0 Å². The first kappa shape index (κ1) is 75.8. The van der Waals surface area contributed by atoms with Crippen molar-refractivity contribution in [2.75, 3.05) is 45.9 Å². The molecular formula is C61H93N19O15S. The van der Waals surface area contributed by atoms with Crippen molar-refractivity contribution in [1.29, 1.82) is 0 Å². The average Bonchev–Trinajstić information content (AvgIpc) is 1.47. The summed E-state index contributed by atoms with van der Waals surface area (Å²) < 4.78 is 0. The molecule has 0 spiro atoms. The van der Waals surface area contributed by atoms with Crippen molar-refractivity contribution in [3.63, 3.8) is 0 Å². The zero-order valence-corrected chi connectivity index (χ0v) is 54.6. The molecule has 96 heavy (non-hydrogen) atoms. The number of β-amino-alcohol motifs (C(OH)–C–C–N with tert-alkyl or cyclic N) is 1. The first-order valence-corrected chi connectivity index (χ1v) is 33.0. The van der Waals surface area contributed by atoms with E-state index in [4.69, 9.17) is 50.0 Å². The van der Waals surface area contributed by atoms with Gasteiger partial charge in [-0.15, -0.1) is 11.3 Å². The number of rotatable bonds is 30. The number of nitrogens with one attached hydrogen (secondary N) is 5. The molecule has 12 unspecified atom stereocenters. The summed E-state index contributed by atoms with van der Waals surface area (Å²) in [6, 6.07) is -1.07. The van der Waals surface area contributed by atoms with E-state index in [2.05, 4.69) is 41.6 Å². The molecule has 528 valence electrons. The normalized spacial score (nSPS) is 21.7. The molecular weight excluding hydrogens is 1270 g/mol. The van der Waals surface area contributed by atoms with Crippen LogP contribution in [-0.2, 0) is 72.1 Å². The van der Waals surface area contributed by atoms with Crippen molar-refractivity contribution >= 4 is 94.3 Å². The highest BCUT2D eigenvalue weighted by molar-refractivity contribution is 7.09. The molecule has 4 fully saturated rings. The van der Waals surface area contributed by atoms with Crippen molar-refractivity contribution in [3.05, 3.63) is 57.8 Å². The maximum atomic E-state index is 15.3. The summed E-state index contributed by atoms with van der Waals surface area (Å²) in [5.74, 6) is -9.16. The van der Waals surface area contributed by atoms with Crippen LogP contribution >= 0.6 is 11.3 Å². The van der Waals surface area contributed by atoms with Crippen LogP contribution in [0.1, 0.15) is 113 Å². The molecule has 7 rings (SSSR count). The molecule has 4 aliphatic heterocycles. The smallest absolute Gasteiger partial charge is 0.326 e. The van der Waals surface area contributed by atoms with Gasteiger partial charge >= 0.3 is 5.97 Å². The molecule has 1 aromatic heterocycles. The third kappa shape index (κ3) is 21.7. The Morgan fingerprint density at radius 2 is 1.23 bits per heavy atom. The highest BCUT2D eigenvalue weighted by Crippen LogP contribution is 2.41. The van der Waals surface area contributed by atoms with Crippen molar-refractivity contribution < 1.29 is 73.2 Å². The molecule has 5 heterocycles. The second kappa shape index (κ2) is 36.6. The minimum absolute atomic E-state index is 0.00000960. The van der Waals surface area contributed by atoms with Crippen molar-refractivity contribution in [2.45, 2.75) is 183 Å². The highest BCUT2D eigenvalue weighted by atomic mass is 32.1. The van der Waals surface area contributed by atoms with E-state index in [0.717, 1.165) is 36.6 Å². The van der Waals surface area contributed by atoms with E-state index >= 15 is 4.79 Å². The van der Waals surface area contributed by atoms with Crippen molar-refractivity contribution in [1.82, 2.24) is 46.2 Å². The van der Waals surface area contributed by atoms with Gasteiger partial charge in [-0.05, 0) is 99.1 Å². The van der Waals surface area contributed by atoms with Crippen LogP contribution in [0.3, 0.4) is 0 Å². The Morgan fingerprint density at radius 1 is 0.625 bits per heavy atom. The quantitative estimate of drug-likeness (QED) is 0.0198. The number of nitrogens with two attached hydrogens (primary N) is 7. The maximum Gasteiger partial charge on any atom is 0.326 e. The van der Waals surface area contributed by atoms with E-state index < -0.39 is 145 Å². The molecule has 2 aromatic rings. The number of amides is 9. The number of carbonyl (C=O) groups is 11. The molecule has 0 bridgehead atoms. The number of aliphatic imine (C=N–C) groups is 3. The Hall–Kier alpha value is -9.22. The number of guanidine groups is 3. The van der Waals surface area contributed by atoms with E-state index in [-0.39, 0.29) is 127 Å². The predicted molar refractivity (Wildman–Crippen MR) is 351 cm³/mol. The highest BCUT2D eigenvalue weighted by Gasteiger charge is 2.52. The van der Waals surface area contributed by atoms with E-state index in [1.54, 1.807) is 35.7 Å². The lowest BCUT2D eigenvalue weighted by Crippen LogP contribution is -2.63. The summed E-state index contributed by atoms with van der Waals surface area (Å²) >= 11 is 1.27. The van der Waals surface area contributed by atoms with Gasteiger partial charge in [-0.2, -0.15) is 0 Å². The van der Waals surface area contributed by atoms with Crippen molar-refractivity contribution in [3.8, 4) is 0 Å². The minimum Gasteiger partial charge on any atom is -0.481 e. The summed E-state index contributed by atoms with van der Waals surface area (Å²) in [6.45, 7) is -0.375. The number of carbonyl (C=O) groups excluding carboxylic acids is 9. The molecule has 1 saturated carbocycles. The summed E-state index contributed by atoms with van der Waals surface area (Å²) in [5.41, 5.74) is 40.3. The molecule has 23 N–H and O–H groups in total. The number of nitrogens with zero attached hydrogens (tertiary/aromatic N) is 7. The van der Waals surface area contributed by atoms with E-state index in [9.17, 15) is 58.5 Å². The number of hydrogen-bond donors (Lipinski definition) is 16. The zero-order valence-electron chi connectivity index (χ0n) is 53.8. The number of aliphatic carboxylic acids is 2. The predicted octanol–water partition coefficient (Wildman–Crippen LogP) is -4.93. The van der Waals surface area contributed by atoms with Crippen LogP contribution in [0.25, 0.3) is 0 Å². The molecule has 5 aliphatic rings. The maximum absolute atomic E-state index is 15.3. The number of benzene rings is 1. The minimum atomic E-state index is -1.66. The van der Waals surface area contributed by atoms with Crippen LogP contribution in [0.4, 0.5) is 0 Å². The van der Waals surface area contributed by atoms with Crippen LogP contribution in [0.2, 0.25) is 0 Å². The number of hydrogen-bond acceptors (Lipinski definition) is 18. The lowest BCUT2D eigenvalue weighted by molar-refractivity contribution is -0.153. The summed E-state index contributed by atoms with van der Waals surface area (Å²) in [7, 11) is 0. The Balaban J connectivity index is 0.00000354.